The van der Waals surface area contributed by atoms with Crippen molar-refractivity contribution in [3.63, 3.8) is 0 Å². The van der Waals surface area contributed by atoms with Gasteiger partial charge in [0.15, 0.2) is 0 Å². The van der Waals surface area contributed by atoms with Gasteiger partial charge in [-0.3, -0.25) is 9.97 Å². The molecule has 5 aromatic rings. The third kappa shape index (κ3) is 2.87. The number of benzene rings is 1. The number of aromatic carboxylic acids is 1. The average molecular weight is 386 g/mol. The zero-order chi connectivity index (χ0) is 19.1. The quantitative estimate of drug-likeness (QED) is 0.391. The van der Waals surface area contributed by atoms with Gasteiger partial charge in [0, 0.05) is 29.0 Å². The number of fused-ring (bicyclic) bond motifs is 2. The van der Waals surface area contributed by atoms with Crippen molar-refractivity contribution >= 4 is 49.8 Å². The minimum absolute atomic E-state index is 0.178. The molecule has 136 valence electrons. The number of anilines is 2. The van der Waals surface area contributed by atoms with Gasteiger partial charge < -0.3 is 15.4 Å². The Kier molecular flexibility index (Phi) is 3.80. The first kappa shape index (κ1) is 16.5. The Morgan fingerprint density at radius 3 is 2.79 bits per heavy atom. The fourth-order valence-corrected chi connectivity index (χ4v) is 4.21. The third-order valence-corrected chi connectivity index (χ3v) is 5.64. The van der Waals surface area contributed by atoms with Crippen molar-refractivity contribution in [1.82, 2.24) is 15.0 Å². The molecule has 5 rings (SSSR count). The molecule has 6 nitrogen and oxygen atoms in total. The van der Waals surface area contributed by atoms with E-state index in [2.05, 4.69) is 20.3 Å². The fraction of sp³-hybridized carbons (Fsp3) is 0. The van der Waals surface area contributed by atoms with Crippen LogP contribution in [0.2, 0.25) is 0 Å². The highest BCUT2D eigenvalue weighted by Gasteiger charge is 2.11. The predicted octanol–water partition coefficient (Wildman–Crippen LogP) is 5.28. The summed E-state index contributed by atoms with van der Waals surface area (Å²) in [4.78, 5) is 24.0. The van der Waals surface area contributed by atoms with Crippen molar-refractivity contribution in [2.45, 2.75) is 0 Å². The number of rotatable bonds is 4. The van der Waals surface area contributed by atoms with Crippen molar-refractivity contribution in [3.8, 4) is 10.6 Å². The molecule has 0 bridgehead atoms. The van der Waals surface area contributed by atoms with Gasteiger partial charge in [-0.2, -0.15) is 0 Å². The number of aromatic nitrogens is 3. The number of hydrogen-bond donors (Lipinski definition) is 3. The molecule has 0 saturated carbocycles. The van der Waals surface area contributed by atoms with Gasteiger partial charge in [-0.05, 0) is 48.5 Å². The second-order valence-corrected chi connectivity index (χ2v) is 7.37. The number of hydrogen-bond acceptors (Lipinski definition) is 5. The van der Waals surface area contributed by atoms with Crippen LogP contribution in [0.25, 0.3) is 31.7 Å². The molecular weight excluding hydrogens is 372 g/mol. The number of carboxylic acids is 1. The number of aromatic amines is 1. The molecule has 3 N–H and O–H groups in total. The number of H-pyrrole nitrogens is 1. The van der Waals surface area contributed by atoms with E-state index < -0.39 is 5.97 Å². The highest BCUT2D eigenvalue weighted by molar-refractivity contribution is 7.22. The van der Waals surface area contributed by atoms with Crippen molar-refractivity contribution in [2.24, 2.45) is 0 Å². The van der Waals surface area contributed by atoms with E-state index >= 15 is 0 Å². The maximum absolute atomic E-state index is 11.2. The summed E-state index contributed by atoms with van der Waals surface area (Å²) in [7, 11) is 0. The summed E-state index contributed by atoms with van der Waals surface area (Å²) in [5, 5.41) is 13.4. The molecule has 7 heteroatoms. The van der Waals surface area contributed by atoms with Crippen molar-refractivity contribution in [2.75, 3.05) is 5.32 Å². The van der Waals surface area contributed by atoms with Crippen molar-refractivity contribution < 1.29 is 9.90 Å². The topological polar surface area (TPSA) is 90.9 Å². The molecule has 0 aliphatic carbocycles. The summed E-state index contributed by atoms with van der Waals surface area (Å²) in [6.07, 6.45) is 3.56. The van der Waals surface area contributed by atoms with E-state index in [-0.39, 0.29) is 5.69 Å². The van der Waals surface area contributed by atoms with E-state index in [1.807, 2.05) is 48.5 Å². The molecule has 4 heterocycles. The molecule has 0 amide bonds. The molecule has 0 saturated heterocycles. The molecule has 0 radical (unpaired) electrons. The molecule has 28 heavy (non-hydrogen) atoms. The summed E-state index contributed by atoms with van der Waals surface area (Å²) in [6.45, 7) is 0. The smallest absolute Gasteiger partial charge is 0.352 e. The molecule has 0 atom stereocenters. The second kappa shape index (κ2) is 6.47. The lowest BCUT2D eigenvalue weighted by Crippen LogP contribution is -1.94. The first-order chi connectivity index (χ1) is 13.7. The van der Waals surface area contributed by atoms with E-state index in [1.165, 1.54) is 0 Å². The number of pyridine rings is 2. The van der Waals surface area contributed by atoms with Gasteiger partial charge >= 0.3 is 5.97 Å². The van der Waals surface area contributed by atoms with Crippen LogP contribution in [0.1, 0.15) is 10.5 Å². The van der Waals surface area contributed by atoms with E-state index in [0.29, 0.717) is 0 Å². The van der Waals surface area contributed by atoms with Crippen LogP contribution in [0.3, 0.4) is 0 Å². The largest absolute Gasteiger partial charge is 0.477 e. The van der Waals surface area contributed by atoms with E-state index in [0.717, 1.165) is 43.1 Å². The lowest BCUT2D eigenvalue weighted by Gasteiger charge is -2.07. The Labute approximate surface area is 163 Å². The summed E-state index contributed by atoms with van der Waals surface area (Å²) in [5.41, 5.74) is 4.63. The van der Waals surface area contributed by atoms with Gasteiger partial charge in [-0.15, -0.1) is 11.3 Å². The Bertz CT molecular complexity index is 1320. The number of nitrogens with one attached hydrogen (secondary N) is 2. The lowest BCUT2D eigenvalue weighted by molar-refractivity contribution is 0.0691. The molecule has 0 fully saturated rings. The van der Waals surface area contributed by atoms with Crippen molar-refractivity contribution in [1.29, 1.82) is 0 Å². The summed E-state index contributed by atoms with van der Waals surface area (Å²) < 4.78 is 1.04. The minimum Gasteiger partial charge on any atom is -0.477 e. The van der Waals surface area contributed by atoms with Gasteiger partial charge in [0.05, 0.1) is 26.5 Å². The van der Waals surface area contributed by atoms with Gasteiger partial charge in [0.25, 0.3) is 0 Å². The molecule has 1 aromatic carbocycles. The van der Waals surface area contributed by atoms with Crippen LogP contribution in [-0.2, 0) is 0 Å². The van der Waals surface area contributed by atoms with Crippen LogP contribution in [0.15, 0.2) is 67.0 Å². The molecule has 4 aromatic heterocycles. The van der Waals surface area contributed by atoms with Gasteiger partial charge in [0.1, 0.15) is 5.69 Å². The Morgan fingerprint density at radius 2 is 1.96 bits per heavy atom. The zero-order valence-electron chi connectivity index (χ0n) is 14.5. The van der Waals surface area contributed by atoms with Crippen LogP contribution in [0.4, 0.5) is 11.4 Å². The molecule has 0 aliphatic rings. The molecule has 0 unspecified atom stereocenters. The fourth-order valence-electron chi connectivity index (χ4n) is 3.15. The van der Waals surface area contributed by atoms with Gasteiger partial charge in [-0.1, -0.05) is 6.07 Å². The van der Waals surface area contributed by atoms with Gasteiger partial charge in [0.2, 0.25) is 0 Å². The predicted molar refractivity (Wildman–Crippen MR) is 111 cm³/mol. The lowest BCUT2D eigenvalue weighted by atomic mass is 10.2. The van der Waals surface area contributed by atoms with Crippen LogP contribution in [-0.4, -0.2) is 26.0 Å². The number of thiophene rings is 1. The van der Waals surface area contributed by atoms with Crippen LogP contribution in [0, 0.1) is 0 Å². The first-order valence-corrected chi connectivity index (χ1v) is 9.42. The van der Waals surface area contributed by atoms with Gasteiger partial charge in [-0.25, -0.2) is 4.79 Å². The first-order valence-electron chi connectivity index (χ1n) is 8.60. The van der Waals surface area contributed by atoms with Crippen molar-refractivity contribution in [3.05, 3.63) is 72.7 Å². The summed E-state index contributed by atoms with van der Waals surface area (Å²) in [6, 6.07) is 17.2. The Balaban J connectivity index is 1.53. The van der Waals surface area contributed by atoms with Crippen LogP contribution >= 0.6 is 11.3 Å². The molecular formula is C21H14N4O2S. The second-order valence-electron chi connectivity index (χ2n) is 6.31. The monoisotopic (exact) mass is 386 g/mol. The Morgan fingerprint density at radius 1 is 1.04 bits per heavy atom. The highest BCUT2D eigenvalue weighted by atomic mass is 32.1. The van der Waals surface area contributed by atoms with E-state index in [1.54, 1.807) is 29.8 Å². The standard InChI is InChI=1S/C21H14N4O2S/c26-21(27)18-10-12-9-13(4-5-14(12)25-18)24-16-6-8-23-17-11-19(28-20(16)17)15-3-1-2-7-22-15/h1-11,25H,(H,23,24)(H,26,27). The number of carboxylic acid groups (broad SMARTS) is 1. The third-order valence-electron chi connectivity index (χ3n) is 4.46. The average Bonchev–Trinajstić information content (AvgIpc) is 3.33. The zero-order valence-corrected chi connectivity index (χ0v) is 15.3. The van der Waals surface area contributed by atoms with Crippen LogP contribution in [0.5, 0.6) is 0 Å². The molecule has 0 spiro atoms. The van der Waals surface area contributed by atoms with E-state index in [4.69, 9.17) is 5.11 Å². The minimum atomic E-state index is -0.970. The maximum atomic E-state index is 11.2. The number of carbonyl (C=O) groups is 1. The SMILES string of the molecule is O=C(O)c1cc2cc(Nc3ccnc4cc(-c5ccccn5)sc34)ccc2[nH]1. The highest BCUT2D eigenvalue weighted by Crippen LogP contribution is 2.37. The number of nitrogens with zero attached hydrogens (tertiary/aromatic N) is 2. The summed E-state index contributed by atoms with van der Waals surface area (Å²) >= 11 is 1.64. The normalized spacial score (nSPS) is 11.1. The summed E-state index contributed by atoms with van der Waals surface area (Å²) in [5.74, 6) is -0.970. The van der Waals surface area contributed by atoms with E-state index in [9.17, 15) is 4.79 Å². The van der Waals surface area contributed by atoms with Crippen LogP contribution < -0.4 is 5.32 Å². The maximum Gasteiger partial charge on any atom is 0.352 e. The molecule has 0 aliphatic heterocycles. The Hall–Kier alpha value is -3.71.